The number of likely N-dealkylation sites (tertiary alicyclic amines) is 1. The molecule has 9 heteroatoms. The average Bonchev–Trinajstić information content (AvgIpc) is 3.28. The van der Waals surface area contributed by atoms with E-state index >= 15 is 0 Å². The SMILES string of the molecule is CN1Cc2c(c(O)c3ncc(Cc4ccc(F)cc4)cc3c2C(=O)N2CCC(F)(F)C2)C1=O. The molecule has 1 fully saturated rings. The van der Waals surface area contributed by atoms with Gasteiger partial charge in [0.1, 0.15) is 11.3 Å². The Labute approximate surface area is 187 Å². The van der Waals surface area contributed by atoms with Crippen LogP contribution >= 0.6 is 0 Å². The summed E-state index contributed by atoms with van der Waals surface area (Å²) in [7, 11) is 1.54. The second kappa shape index (κ2) is 7.47. The first-order valence-electron chi connectivity index (χ1n) is 10.5. The maximum Gasteiger partial charge on any atom is 0.267 e. The lowest BCUT2D eigenvalue weighted by Crippen LogP contribution is -2.32. The van der Waals surface area contributed by atoms with Crippen molar-refractivity contribution >= 4 is 22.7 Å². The monoisotopic (exact) mass is 455 g/mol. The van der Waals surface area contributed by atoms with Gasteiger partial charge in [0.15, 0.2) is 5.75 Å². The molecule has 2 amide bonds. The van der Waals surface area contributed by atoms with E-state index in [1.165, 1.54) is 30.3 Å². The summed E-state index contributed by atoms with van der Waals surface area (Å²) in [6, 6.07) is 7.62. The summed E-state index contributed by atoms with van der Waals surface area (Å²) in [4.78, 5) is 32.9. The predicted octanol–water partition coefficient (Wildman–Crippen LogP) is 3.74. The van der Waals surface area contributed by atoms with Crippen molar-refractivity contribution in [1.29, 1.82) is 0 Å². The van der Waals surface area contributed by atoms with Crippen molar-refractivity contribution in [2.45, 2.75) is 25.3 Å². The summed E-state index contributed by atoms with van der Waals surface area (Å²) in [6.45, 7) is -0.726. The lowest BCUT2D eigenvalue weighted by molar-refractivity contribution is 0.0120. The topological polar surface area (TPSA) is 73.7 Å². The fourth-order valence-corrected chi connectivity index (χ4v) is 4.57. The number of aromatic hydroxyl groups is 1. The number of fused-ring (bicyclic) bond motifs is 2. The Morgan fingerprint density at radius 1 is 1.21 bits per heavy atom. The molecule has 5 rings (SSSR count). The van der Waals surface area contributed by atoms with Gasteiger partial charge in [-0.3, -0.25) is 14.6 Å². The Morgan fingerprint density at radius 3 is 2.61 bits per heavy atom. The molecule has 6 nitrogen and oxygen atoms in total. The normalized spacial score (nSPS) is 17.2. The molecule has 1 N–H and O–H groups in total. The van der Waals surface area contributed by atoms with Gasteiger partial charge in [-0.25, -0.2) is 13.2 Å². The molecule has 0 atom stereocenters. The highest BCUT2D eigenvalue weighted by Crippen LogP contribution is 2.41. The van der Waals surface area contributed by atoms with Gasteiger partial charge in [0.25, 0.3) is 17.7 Å². The Balaban J connectivity index is 1.67. The van der Waals surface area contributed by atoms with Crippen LogP contribution < -0.4 is 0 Å². The van der Waals surface area contributed by atoms with E-state index in [2.05, 4.69) is 4.98 Å². The number of amides is 2. The smallest absolute Gasteiger partial charge is 0.267 e. The van der Waals surface area contributed by atoms with Crippen molar-refractivity contribution in [3.05, 3.63) is 70.2 Å². The number of hydrogen-bond acceptors (Lipinski definition) is 4. The van der Waals surface area contributed by atoms with Gasteiger partial charge in [-0.2, -0.15) is 0 Å². The first kappa shape index (κ1) is 21.2. The molecule has 170 valence electrons. The maximum atomic E-state index is 13.8. The Morgan fingerprint density at radius 2 is 1.94 bits per heavy atom. The first-order valence-corrected chi connectivity index (χ1v) is 10.5. The second-order valence-corrected chi connectivity index (χ2v) is 8.61. The van der Waals surface area contributed by atoms with E-state index < -0.39 is 30.7 Å². The van der Waals surface area contributed by atoms with Crippen molar-refractivity contribution < 1.29 is 27.9 Å². The van der Waals surface area contributed by atoms with Crippen molar-refractivity contribution in [2.24, 2.45) is 0 Å². The zero-order valence-electron chi connectivity index (χ0n) is 17.7. The number of carbonyl (C=O) groups is 2. The quantitative estimate of drug-likeness (QED) is 0.653. The number of phenolic OH excluding ortho intramolecular Hbond substituents is 1. The lowest BCUT2D eigenvalue weighted by atomic mass is 9.94. The number of aromatic nitrogens is 1. The zero-order chi connectivity index (χ0) is 23.5. The molecule has 0 unspecified atom stereocenters. The number of rotatable bonds is 3. The van der Waals surface area contributed by atoms with Gasteiger partial charge in [0, 0.05) is 43.7 Å². The first-order chi connectivity index (χ1) is 15.6. The van der Waals surface area contributed by atoms with Gasteiger partial charge in [0.2, 0.25) is 0 Å². The van der Waals surface area contributed by atoms with Crippen LogP contribution in [-0.2, 0) is 13.0 Å². The van der Waals surface area contributed by atoms with Crippen molar-refractivity contribution in [3.8, 4) is 5.75 Å². The molecule has 3 heterocycles. The molecule has 0 bridgehead atoms. The van der Waals surface area contributed by atoms with E-state index in [1.807, 2.05) is 0 Å². The Hall–Kier alpha value is -3.62. The predicted molar refractivity (Wildman–Crippen MR) is 114 cm³/mol. The molecule has 0 aliphatic carbocycles. The van der Waals surface area contributed by atoms with Crippen molar-refractivity contribution in [2.75, 3.05) is 20.1 Å². The van der Waals surface area contributed by atoms with Gasteiger partial charge in [-0.1, -0.05) is 12.1 Å². The third-order valence-corrected chi connectivity index (χ3v) is 6.23. The molecule has 0 spiro atoms. The van der Waals surface area contributed by atoms with Gasteiger partial charge in [0.05, 0.1) is 17.7 Å². The molecule has 2 aliphatic rings. The molecule has 33 heavy (non-hydrogen) atoms. The number of halogens is 3. The molecule has 0 radical (unpaired) electrons. The molecule has 2 aromatic carbocycles. The summed E-state index contributed by atoms with van der Waals surface area (Å²) in [5, 5.41) is 11.1. The summed E-state index contributed by atoms with van der Waals surface area (Å²) < 4.78 is 40.9. The standard InChI is InChI=1S/C24H20F3N3O3/c1-29-11-17-18(23(33)30-7-6-24(26,27)12-30)16-9-14(8-13-2-4-15(25)5-3-13)10-28-20(16)21(31)19(17)22(29)32/h2-5,9-10,31H,6-8,11-12H2,1H3. The second-order valence-electron chi connectivity index (χ2n) is 8.61. The van der Waals surface area contributed by atoms with Gasteiger partial charge in [-0.15, -0.1) is 0 Å². The largest absolute Gasteiger partial charge is 0.505 e. The van der Waals surface area contributed by atoms with Gasteiger partial charge < -0.3 is 14.9 Å². The van der Waals surface area contributed by atoms with Crippen LogP contribution in [0.1, 0.15) is 43.8 Å². The van der Waals surface area contributed by atoms with Crippen LogP contribution in [-0.4, -0.2) is 57.8 Å². The molecule has 3 aromatic rings. The number of alkyl halides is 2. The van der Waals surface area contributed by atoms with E-state index in [-0.39, 0.29) is 41.3 Å². The number of benzene rings is 2. The highest BCUT2D eigenvalue weighted by molar-refractivity contribution is 6.15. The minimum atomic E-state index is -2.97. The molecule has 2 aliphatic heterocycles. The summed E-state index contributed by atoms with van der Waals surface area (Å²) in [5.74, 6) is -4.73. The van der Waals surface area contributed by atoms with E-state index in [0.717, 1.165) is 10.5 Å². The highest BCUT2D eigenvalue weighted by Gasteiger charge is 2.43. The number of phenols is 1. The number of carbonyl (C=O) groups excluding carboxylic acids is 2. The van der Waals surface area contributed by atoms with E-state index in [0.29, 0.717) is 22.9 Å². The van der Waals surface area contributed by atoms with Crippen LogP contribution in [0.25, 0.3) is 10.9 Å². The van der Waals surface area contributed by atoms with Crippen LogP contribution in [0.4, 0.5) is 13.2 Å². The van der Waals surface area contributed by atoms with Crippen LogP contribution in [0.15, 0.2) is 36.5 Å². The van der Waals surface area contributed by atoms with E-state index in [4.69, 9.17) is 0 Å². The Kier molecular flexibility index (Phi) is 4.81. The van der Waals surface area contributed by atoms with Gasteiger partial charge >= 0.3 is 0 Å². The highest BCUT2D eigenvalue weighted by atomic mass is 19.3. The zero-order valence-corrected chi connectivity index (χ0v) is 17.7. The van der Waals surface area contributed by atoms with Gasteiger partial charge in [-0.05, 0) is 35.7 Å². The molecular weight excluding hydrogens is 435 g/mol. The Bertz CT molecular complexity index is 1310. The van der Waals surface area contributed by atoms with Crippen LogP contribution in [0.2, 0.25) is 0 Å². The minimum absolute atomic E-state index is 0.0157. The summed E-state index contributed by atoms with van der Waals surface area (Å²) in [5.41, 5.74) is 1.97. The average molecular weight is 455 g/mol. The van der Waals surface area contributed by atoms with Crippen LogP contribution in [0.3, 0.4) is 0 Å². The third kappa shape index (κ3) is 3.57. The fourth-order valence-electron chi connectivity index (χ4n) is 4.57. The maximum absolute atomic E-state index is 13.8. The fraction of sp³-hybridized carbons (Fsp3) is 0.292. The number of hydrogen-bond donors (Lipinski definition) is 1. The number of nitrogens with zero attached hydrogens (tertiary/aromatic N) is 3. The van der Waals surface area contributed by atoms with E-state index in [1.54, 1.807) is 18.2 Å². The van der Waals surface area contributed by atoms with Crippen LogP contribution in [0.5, 0.6) is 5.75 Å². The molecule has 0 saturated carbocycles. The van der Waals surface area contributed by atoms with Crippen molar-refractivity contribution in [1.82, 2.24) is 14.8 Å². The summed E-state index contributed by atoms with van der Waals surface area (Å²) >= 11 is 0. The van der Waals surface area contributed by atoms with Crippen LogP contribution in [0, 0.1) is 5.82 Å². The van der Waals surface area contributed by atoms with Crippen molar-refractivity contribution in [3.63, 3.8) is 0 Å². The molecule has 1 aromatic heterocycles. The lowest BCUT2D eigenvalue weighted by Gasteiger charge is -2.20. The van der Waals surface area contributed by atoms with E-state index in [9.17, 15) is 27.9 Å². The minimum Gasteiger partial charge on any atom is -0.505 e. The number of pyridine rings is 1. The molecule has 1 saturated heterocycles. The summed E-state index contributed by atoms with van der Waals surface area (Å²) in [6.07, 6.45) is 1.47. The third-order valence-electron chi connectivity index (χ3n) is 6.23. The molecular formula is C24H20F3N3O3.